The molecular weight excluding hydrogens is 234 g/mol. The Balaban J connectivity index is 2.42. The minimum Gasteiger partial charge on any atom is -0.497 e. The molecule has 7 nitrogen and oxygen atoms in total. The van der Waals surface area contributed by atoms with Crippen LogP contribution in [0.3, 0.4) is 0 Å². The fraction of sp³-hybridized carbons (Fsp3) is 0.364. The van der Waals surface area contributed by atoms with Crippen LogP contribution in [0.2, 0.25) is 0 Å². The van der Waals surface area contributed by atoms with Crippen molar-refractivity contribution in [1.29, 1.82) is 0 Å². The Kier molecular flexibility index (Phi) is 3.73. The SMILES string of the molecule is COc1ccc(C(CN)c2nn[nH]n2)c(OC)c1. The summed E-state index contributed by atoms with van der Waals surface area (Å²) < 4.78 is 10.5. The van der Waals surface area contributed by atoms with E-state index in [1.807, 2.05) is 12.1 Å². The molecule has 96 valence electrons. The first kappa shape index (κ1) is 12.3. The molecular formula is C11H15N5O2. The summed E-state index contributed by atoms with van der Waals surface area (Å²) in [5.74, 6) is 1.79. The third-order valence-corrected chi connectivity index (χ3v) is 2.73. The van der Waals surface area contributed by atoms with Gasteiger partial charge in [-0.25, -0.2) is 0 Å². The molecule has 18 heavy (non-hydrogen) atoms. The van der Waals surface area contributed by atoms with Crippen molar-refractivity contribution in [2.45, 2.75) is 5.92 Å². The number of benzene rings is 1. The number of H-pyrrole nitrogens is 1. The largest absolute Gasteiger partial charge is 0.497 e. The summed E-state index contributed by atoms with van der Waals surface area (Å²) in [6, 6.07) is 5.55. The summed E-state index contributed by atoms with van der Waals surface area (Å²) in [6.45, 7) is 0.363. The Labute approximate surface area is 104 Å². The van der Waals surface area contributed by atoms with Gasteiger partial charge < -0.3 is 15.2 Å². The Morgan fingerprint density at radius 3 is 2.72 bits per heavy atom. The minimum absolute atomic E-state index is 0.162. The summed E-state index contributed by atoms with van der Waals surface area (Å²) in [5, 5.41) is 13.9. The van der Waals surface area contributed by atoms with Gasteiger partial charge in [-0.3, -0.25) is 0 Å². The molecule has 1 aromatic carbocycles. The summed E-state index contributed by atoms with van der Waals surface area (Å²) in [5.41, 5.74) is 6.69. The molecule has 0 saturated carbocycles. The van der Waals surface area contributed by atoms with Gasteiger partial charge in [-0.1, -0.05) is 11.3 Å². The molecule has 0 aliphatic heterocycles. The van der Waals surface area contributed by atoms with Crippen molar-refractivity contribution in [1.82, 2.24) is 20.6 Å². The molecule has 3 N–H and O–H groups in total. The minimum atomic E-state index is -0.162. The molecule has 0 radical (unpaired) electrons. The first-order valence-electron chi connectivity index (χ1n) is 5.45. The number of ether oxygens (including phenoxy) is 2. The molecule has 2 rings (SSSR count). The van der Waals surface area contributed by atoms with E-state index in [-0.39, 0.29) is 5.92 Å². The van der Waals surface area contributed by atoms with Crippen LogP contribution in [0.4, 0.5) is 0 Å². The molecule has 0 aliphatic rings. The molecule has 1 atom stereocenters. The molecule has 2 aromatic rings. The summed E-state index contributed by atoms with van der Waals surface area (Å²) >= 11 is 0. The highest BCUT2D eigenvalue weighted by molar-refractivity contribution is 5.44. The average molecular weight is 249 g/mol. The van der Waals surface area contributed by atoms with Crippen LogP contribution < -0.4 is 15.2 Å². The van der Waals surface area contributed by atoms with Crippen LogP contribution in [0.1, 0.15) is 17.3 Å². The molecule has 0 spiro atoms. The van der Waals surface area contributed by atoms with Gasteiger partial charge in [-0.05, 0) is 6.07 Å². The number of nitrogens with two attached hydrogens (primary N) is 1. The van der Waals surface area contributed by atoms with E-state index in [2.05, 4.69) is 20.6 Å². The molecule has 1 aromatic heterocycles. The monoisotopic (exact) mass is 249 g/mol. The predicted molar refractivity (Wildman–Crippen MR) is 64.6 cm³/mol. The lowest BCUT2D eigenvalue weighted by Gasteiger charge is -2.15. The van der Waals surface area contributed by atoms with Crippen molar-refractivity contribution >= 4 is 0 Å². The Bertz CT molecular complexity index is 500. The van der Waals surface area contributed by atoms with Crippen LogP contribution in [0, 0.1) is 0 Å². The molecule has 0 aliphatic carbocycles. The standard InChI is InChI=1S/C11H15N5O2/c1-17-7-3-4-8(10(5-7)18-2)9(6-12)11-13-15-16-14-11/h3-5,9H,6,12H2,1-2H3,(H,13,14,15,16). The Hall–Kier alpha value is -2.15. The van der Waals surface area contributed by atoms with E-state index in [1.54, 1.807) is 20.3 Å². The van der Waals surface area contributed by atoms with Crippen molar-refractivity contribution < 1.29 is 9.47 Å². The highest BCUT2D eigenvalue weighted by atomic mass is 16.5. The zero-order chi connectivity index (χ0) is 13.0. The number of hydrogen-bond acceptors (Lipinski definition) is 6. The van der Waals surface area contributed by atoms with E-state index >= 15 is 0 Å². The molecule has 1 unspecified atom stereocenters. The second-order valence-corrected chi connectivity index (χ2v) is 3.67. The number of aromatic nitrogens is 4. The third kappa shape index (κ3) is 2.25. The number of methoxy groups -OCH3 is 2. The van der Waals surface area contributed by atoms with Crippen molar-refractivity contribution in [2.24, 2.45) is 5.73 Å². The lowest BCUT2D eigenvalue weighted by molar-refractivity contribution is 0.389. The van der Waals surface area contributed by atoms with Crippen LogP contribution in [0.25, 0.3) is 0 Å². The number of hydrogen-bond donors (Lipinski definition) is 2. The molecule has 0 amide bonds. The first-order valence-corrected chi connectivity index (χ1v) is 5.45. The summed E-state index contributed by atoms with van der Waals surface area (Å²) in [6.07, 6.45) is 0. The second-order valence-electron chi connectivity index (χ2n) is 3.67. The molecule has 0 fully saturated rings. The summed E-state index contributed by atoms with van der Waals surface area (Å²) in [4.78, 5) is 0. The van der Waals surface area contributed by atoms with Crippen molar-refractivity contribution in [2.75, 3.05) is 20.8 Å². The van der Waals surface area contributed by atoms with E-state index in [1.165, 1.54) is 0 Å². The average Bonchev–Trinajstić information content (AvgIpc) is 2.94. The van der Waals surface area contributed by atoms with Crippen LogP contribution in [-0.4, -0.2) is 41.4 Å². The van der Waals surface area contributed by atoms with Gasteiger partial charge in [0.1, 0.15) is 11.5 Å². The van der Waals surface area contributed by atoms with Crippen LogP contribution >= 0.6 is 0 Å². The smallest absolute Gasteiger partial charge is 0.183 e. The summed E-state index contributed by atoms with van der Waals surface area (Å²) in [7, 11) is 3.20. The Morgan fingerprint density at radius 2 is 2.17 bits per heavy atom. The van der Waals surface area contributed by atoms with Crippen LogP contribution in [0.15, 0.2) is 18.2 Å². The van der Waals surface area contributed by atoms with Crippen molar-refractivity contribution in [3.05, 3.63) is 29.6 Å². The van der Waals surface area contributed by atoms with Crippen LogP contribution in [0.5, 0.6) is 11.5 Å². The number of nitrogens with one attached hydrogen (secondary N) is 1. The fourth-order valence-electron chi connectivity index (χ4n) is 1.79. The van der Waals surface area contributed by atoms with Gasteiger partial charge in [0.15, 0.2) is 5.82 Å². The molecule has 0 saturated heterocycles. The maximum atomic E-state index is 5.78. The van der Waals surface area contributed by atoms with Crippen molar-refractivity contribution in [3.8, 4) is 11.5 Å². The fourth-order valence-corrected chi connectivity index (χ4v) is 1.79. The number of nitrogens with zero attached hydrogens (tertiary/aromatic N) is 3. The van der Waals surface area contributed by atoms with E-state index in [9.17, 15) is 0 Å². The zero-order valence-electron chi connectivity index (χ0n) is 10.3. The maximum Gasteiger partial charge on any atom is 0.183 e. The predicted octanol–water partition coefficient (Wildman–Crippen LogP) is 0.307. The van der Waals surface area contributed by atoms with Gasteiger partial charge in [0.2, 0.25) is 0 Å². The van der Waals surface area contributed by atoms with E-state index < -0.39 is 0 Å². The van der Waals surface area contributed by atoms with Crippen molar-refractivity contribution in [3.63, 3.8) is 0 Å². The van der Waals surface area contributed by atoms with Gasteiger partial charge >= 0.3 is 0 Å². The highest BCUT2D eigenvalue weighted by Gasteiger charge is 2.21. The lowest BCUT2D eigenvalue weighted by atomic mass is 9.97. The number of tetrazole rings is 1. The van der Waals surface area contributed by atoms with Gasteiger partial charge in [0.25, 0.3) is 0 Å². The van der Waals surface area contributed by atoms with Gasteiger partial charge in [-0.2, -0.15) is 5.21 Å². The van der Waals surface area contributed by atoms with E-state index in [0.717, 1.165) is 11.3 Å². The lowest BCUT2D eigenvalue weighted by Crippen LogP contribution is -2.16. The number of aromatic amines is 1. The van der Waals surface area contributed by atoms with Gasteiger partial charge in [0.05, 0.1) is 20.1 Å². The zero-order valence-corrected chi connectivity index (χ0v) is 10.3. The third-order valence-electron chi connectivity index (χ3n) is 2.73. The van der Waals surface area contributed by atoms with E-state index in [0.29, 0.717) is 18.1 Å². The molecule has 7 heteroatoms. The van der Waals surface area contributed by atoms with E-state index in [4.69, 9.17) is 15.2 Å². The normalized spacial score (nSPS) is 12.2. The van der Waals surface area contributed by atoms with Crippen LogP contribution in [-0.2, 0) is 0 Å². The topological polar surface area (TPSA) is 98.9 Å². The number of rotatable bonds is 5. The molecule has 0 bridgehead atoms. The first-order chi connectivity index (χ1) is 8.80. The highest BCUT2D eigenvalue weighted by Crippen LogP contribution is 2.32. The Morgan fingerprint density at radius 1 is 1.33 bits per heavy atom. The van der Waals surface area contributed by atoms with Gasteiger partial charge in [-0.15, -0.1) is 10.2 Å². The second kappa shape index (κ2) is 5.46. The maximum absolute atomic E-state index is 5.78. The van der Waals surface area contributed by atoms with Gasteiger partial charge in [0, 0.05) is 18.2 Å². The quantitative estimate of drug-likeness (QED) is 0.791. The molecule has 1 heterocycles.